The van der Waals surface area contributed by atoms with Crippen molar-refractivity contribution in [2.75, 3.05) is 5.73 Å². The molecule has 2 aromatic rings. The van der Waals surface area contributed by atoms with Crippen molar-refractivity contribution in [1.29, 1.82) is 0 Å². The Balaban J connectivity index is 2.57. The number of nitrogens with two attached hydrogens (primary N) is 1. The van der Waals surface area contributed by atoms with E-state index in [4.69, 9.17) is 5.73 Å². The lowest BCUT2D eigenvalue weighted by Gasteiger charge is -2.08. The molecule has 0 fully saturated rings. The second kappa shape index (κ2) is 4.37. The smallest absolute Gasteiger partial charge is 0.159 e. The van der Waals surface area contributed by atoms with E-state index in [2.05, 4.69) is 22.6 Å². The van der Waals surface area contributed by atoms with Gasteiger partial charge in [-0.15, -0.1) is 12.6 Å². The third kappa shape index (κ3) is 2.26. The van der Waals surface area contributed by atoms with Gasteiger partial charge in [-0.25, -0.2) is 9.97 Å². The highest BCUT2D eigenvalue weighted by molar-refractivity contribution is 7.80. The van der Waals surface area contributed by atoms with Crippen LogP contribution in [0.2, 0.25) is 0 Å². The van der Waals surface area contributed by atoms with Crippen LogP contribution in [0.4, 0.5) is 5.69 Å². The number of aryl methyl sites for hydroxylation is 2. The molecule has 1 aromatic carbocycles. The van der Waals surface area contributed by atoms with Crippen LogP contribution in [0.3, 0.4) is 0 Å². The molecule has 0 saturated heterocycles. The van der Waals surface area contributed by atoms with Crippen molar-refractivity contribution in [3.63, 3.8) is 0 Å². The summed E-state index contributed by atoms with van der Waals surface area (Å²) in [4.78, 5) is 9.73. The van der Waals surface area contributed by atoms with Crippen LogP contribution < -0.4 is 5.73 Å². The van der Waals surface area contributed by atoms with Gasteiger partial charge in [-0.2, -0.15) is 0 Å². The summed E-state index contributed by atoms with van der Waals surface area (Å²) in [7, 11) is 0. The lowest BCUT2D eigenvalue weighted by Crippen LogP contribution is -1.99. The first-order valence-electron chi connectivity index (χ1n) is 5.39. The zero-order chi connectivity index (χ0) is 12.6. The van der Waals surface area contributed by atoms with E-state index in [1.807, 2.05) is 39.0 Å². The molecule has 1 aromatic heterocycles. The molecule has 88 valence electrons. The van der Waals surface area contributed by atoms with Crippen LogP contribution in [0.15, 0.2) is 23.1 Å². The monoisotopic (exact) mass is 245 g/mol. The normalized spacial score (nSPS) is 10.6. The van der Waals surface area contributed by atoms with Gasteiger partial charge < -0.3 is 5.73 Å². The molecule has 0 unspecified atom stereocenters. The Morgan fingerprint density at radius 3 is 2.18 bits per heavy atom. The van der Waals surface area contributed by atoms with Crippen LogP contribution in [0.5, 0.6) is 0 Å². The van der Waals surface area contributed by atoms with Crippen molar-refractivity contribution in [3.8, 4) is 11.4 Å². The molecule has 2 rings (SSSR count). The zero-order valence-corrected chi connectivity index (χ0v) is 11.0. The minimum Gasteiger partial charge on any atom is -0.398 e. The fraction of sp³-hybridized carbons (Fsp3) is 0.231. The van der Waals surface area contributed by atoms with Crippen molar-refractivity contribution in [3.05, 3.63) is 35.2 Å². The van der Waals surface area contributed by atoms with Crippen LogP contribution in [0.25, 0.3) is 11.4 Å². The number of benzene rings is 1. The summed E-state index contributed by atoms with van der Waals surface area (Å²) >= 11 is 4.31. The van der Waals surface area contributed by atoms with E-state index in [0.29, 0.717) is 5.69 Å². The van der Waals surface area contributed by atoms with Crippen molar-refractivity contribution in [2.24, 2.45) is 0 Å². The summed E-state index contributed by atoms with van der Waals surface area (Å²) in [5.74, 6) is 0.723. The predicted octanol–water partition coefficient (Wildman–Crippen LogP) is 2.94. The molecule has 0 aliphatic heterocycles. The fourth-order valence-electron chi connectivity index (χ4n) is 1.58. The first-order chi connectivity index (χ1) is 7.99. The van der Waals surface area contributed by atoms with Gasteiger partial charge in [-0.1, -0.05) is 0 Å². The highest BCUT2D eigenvalue weighted by atomic mass is 32.1. The Bertz CT molecular complexity index is 556. The minimum absolute atomic E-state index is 0.664. The SMILES string of the molecule is Cc1nc(-c2ccc(N)c(S)c2)nc(C)c1C. The third-order valence-electron chi connectivity index (χ3n) is 2.92. The zero-order valence-electron chi connectivity index (χ0n) is 10.2. The molecule has 2 N–H and O–H groups in total. The van der Waals surface area contributed by atoms with Gasteiger partial charge in [-0.3, -0.25) is 0 Å². The van der Waals surface area contributed by atoms with Crippen LogP contribution in [-0.4, -0.2) is 9.97 Å². The van der Waals surface area contributed by atoms with Crippen LogP contribution >= 0.6 is 12.6 Å². The molecule has 4 heteroatoms. The van der Waals surface area contributed by atoms with Crippen molar-refractivity contribution < 1.29 is 0 Å². The second-order valence-corrected chi connectivity index (χ2v) is 4.60. The van der Waals surface area contributed by atoms with E-state index in [1.165, 1.54) is 0 Å². The Morgan fingerprint density at radius 1 is 1.06 bits per heavy atom. The van der Waals surface area contributed by atoms with Gasteiger partial charge in [-0.05, 0) is 44.5 Å². The summed E-state index contributed by atoms with van der Waals surface area (Å²) in [6.45, 7) is 6.01. The Morgan fingerprint density at radius 2 is 1.65 bits per heavy atom. The number of nitrogen functional groups attached to an aromatic ring is 1. The highest BCUT2D eigenvalue weighted by Crippen LogP contribution is 2.24. The van der Waals surface area contributed by atoms with Gasteiger partial charge in [0.15, 0.2) is 5.82 Å². The minimum atomic E-state index is 0.664. The summed E-state index contributed by atoms with van der Waals surface area (Å²) in [6.07, 6.45) is 0. The van der Waals surface area contributed by atoms with Gasteiger partial charge in [0.25, 0.3) is 0 Å². The molecular weight excluding hydrogens is 230 g/mol. The molecule has 0 radical (unpaired) electrons. The first kappa shape index (κ1) is 11.9. The fourth-order valence-corrected chi connectivity index (χ4v) is 1.80. The van der Waals surface area contributed by atoms with Crippen molar-refractivity contribution in [1.82, 2.24) is 9.97 Å². The molecule has 3 nitrogen and oxygen atoms in total. The Hall–Kier alpha value is -1.55. The Kier molecular flexibility index (Phi) is 3.07. The molecule has 0 saturated carbocycles. The van der Waals surface area contributed by atoms with Gasteiger partial charge in [0.1, 0.15) is 0 Å². The molecule has 0 aliphatic carbocycles. The van der Waals surface area contributed by atoms with Gasteiger partial charge in [0.2, 0.25) is 0 Å². The van der Waals surface area contributed by atoms with E-state index in [0.717, 1.165) is 33.2 Å². The molecule has 0 aliphatic rings. The summed E-state index contributed by atoms with van der Waals surface area (Å²) in [6, 6.07) is 5.63. The number of hydrogen-bond acceptors (Lipinski definition) is 4. The van der Waals surface area contributed by atoms with Crippen LogP contribution in [-0.2, 0) is 0 Å². The third-order valence-corrected chi connectivity index (χ3v) is 3.31. The van der Waals surface area contributed by atoms with Gasteiger partial charge >= 0.3 is 0 Å². The topological polar surface area (TPSA) is 51.8 Å². The summed E-state index contributed by atoms with van der Waals surface area (Å²) in [5.41, 5.74) is 10.5. The maximum Gasteiger partial charge on any atom is 0.159 e. The lowest BCUT2D eigenvalue weighted by atomic mass is 10.1. The summed E-state index contributed by atoms with van der Waals surface area (Å²) < 4.78 is 0. The number of nitrogens with zero attached hydrogens (tertiary/aromatic N) is 2. The maximum atomic E-state index is 5.73. The average molecular weight is 245 g/mol. The van der Waals surface area contributed by atoms with Crippen LogP contribution in [0, 0.1) is 20.8 Å². The summed E-state index contributed by atoms with van der Waals surface area (Å²) in [5, 5.41) is 0. The standard InChI is InChI=1S/C13H15N3S/c1-7-8(2)15-13(16-9(7)3)10-4-5-11(14)12(17)6-10/h4-6,17H,14H2,1-3H3. The molecule has 0 atom stereocenters. The van der Waals surface area contributed by atoms with Crippen molar-refractivity contribution >= 4 is 18.3 Å². The molecule has 17 heavy (non-hydrogen) atoms. The number of hydrogen-bond donors (Lipinski definition) is 2. The average Bonchev–Trinajstić information content (AvgIpc) is 2.29. The van der Waals surface area contributed by atoms with E-state index < -0.39 is 0 Å². The first-order valence-corrected chi connectivity index (χ1v) is 5.84. The quantitative estimate of drug-likeness (QED) is 0.600. The molecule has 1 heterocycles. The van der Waals surface area contributed by atoms with E-state index >= 15 is 0 Å². The second-order valence-electron chi connectivity index (χ2n) is 4.12. The van der Waals surface area contributed by atoms with E-state index in [9.17, 15) is 0 Å². The van der Waals surface area contributed by atoms with E-state index in [-0.39, 0.29) is 0 Å². The Labute approximate surface area is 107 Å². The molecule has 0 spiro atoms. The maximum absolute atomic E-state index is 5.73. The largest absolute Gasteiger partial charge is 0.398 e. The van der Waals surface area contributed by atoms with Crippen molar-refractivity contribution in [2.45, 2.75) is 25.7 Å². The number of rotatable bonds is 1. The predicted molar refractivity (Wildman–Crippen MR) is 73.3 cm³/mol. The number of thiol groups is 1. The van der Waals surface area contributed by atoms with Gasteiger partial charge in [0, 0.05) is 27.5 Å². The molecule has 0 amide bonds. The van der Waals surface area contributed by atoms with Gasteiger partial charge in [0.05, 0.1) is 0 Å². The number of aromatic nitrogens is 2. The number of anilines is 1. The lowest BCUT2D eigenvalue weighted by molar-refractivity contribution is 1.02. The molecule has 0 bridgehead atoms. The highest BCUT2D eigenvalue weighted by Gasteiger charge is 2.07. The van der Waals surface area contributed by atoms with Crippen LogP contribution in [0.1, 0.15) is 17.0 Å². The molecular formula is C13H15N3S. The van der Waals surface area contributed by atoms with E-state index in [1.54, 1.807) is 0 Å².